The summed E-state index contributed by atoms with van der Waals surface area (Å²) in [6.07, 6.45) is 2.32. The van der Waals surface area contributed by atoms with Crippen molar-refractivity contribution in [3.8, 4) is 0 Å². The predicted octanol–water partition coefficient (Wildman–Crippen LogP) is 2.89. The number of carbonyl (C=O) groups is 4. The number of piperazine rings is 1. The SMILES string of the molecule is O=C1CCC(N2C(=O)c3cccc(N4CCC(CN5CCN(c6ccc(Br)cc6)CC5)CC4)c3C2=O)C(=O)N1. The molecule has 3 fully saturated rings. The van der Waals surface area contributed by atoms with Crippen molar-refractivity contribution in [3.63, 3.8) is 0 Å². The zero-order valence-electron chi connectivity index (χ0n) is 21.8. The van der Waals surface area contributed by atoms with Gasteiger partial charge < -0.3 is 9.80 Å². The molecule has 1 unspecified atom stereocenters. The van der Waals surface area contributed by atoms with Crippen molar-refractivity contribution in [2.45, 2.75) is 31.7 Å². The topological polar surface area (TPSA) is 93.3 Å². The van der Waals surface area contributed by atoms with Crippen molar-refractivity contribution in [2.75, 3.05) is 55.6 Å². The molecule has 39 heavy (non-hydrogen) atoms. The number of anilines is 2. The van der Waals surface area contributed by atoms with Gasteiger partial charge in [-0.15, -0.1) is 0 Å². The fourth-order valence-electron chi connectivity index (χ4n) is 6.32. The van der Waals surface area contributed by atoms with Gasteiger partial charge in [-0.3, -0.25) is 34.3 Å². The molecule has 9 nitrogen and oxygen atoms in total. The van der Waals surface area contributed by atoms with E-state index in [4.69, 9.17) is 0 Å². The van der Waals surface area contributed by atoms with Crippen molar-refractivity contribution < 1.29 is 19.2 Å². The Kier molecular flexibility index (Phi) is 7.16. The maximum Gasteiger partial charge on any atom is 0.264 e. The summed E-state index contributed by atoms with van der Waals surface area (Å²) in [5, 5.41) is 2.26. The summed E-state index contributed by atoms with van der Waals surface area (Å²) in [5.74, 6) is -1.26. The number of nitrogens with zero attached hydrogens (tertiary/aromatic N) is 4. The quantitative estimate of drug-likeness (QED) is 0.533. The summed E-state index contributed by atoms with van der Waals surface area (Å²) in [6.45, 7) is 6.87. The standard InChI is InChI=1S/C29H32BrN5O4/c30-20-4-6-21(7-5-20)33-16-14-32(15-17-33)18-19-10-12-34(13-11-19)23-3-1-2-22-26(23)29(39)35(28(22)38)24-8-9-25(36)31-27(24)37/h1-7,19,24H,8-18H2,(H,31,36,37). The lowest BCUT2D eigenvalue weighted by Crippen LogP contribution is -2.54. The highest BCUT2D eigenvalue weighted by Crippen LogP contribution is 2.36. The first-order chi connectivity index (χ1) is 18.9. The molecule has 1 N–H and O–H groups in total. The van der Waals surface area contributed by atoms with Gasteiger partial charge in [-0.1, -0.05) is 22.0 Å². The van der Waals surface area contributed by atoms with E-state index in [9.17, 15) is 19.2 Å². The molecule has 0 radical (unpaired) electrons. The fourth-order valence-corrected chi connectivity index (χ4v) is 6.59. The van der Waals surface area contributed by atoms with Gasteiger partial charge in [-0.05, 0) is 61.6 Å². The van der Waals surface area contributed by atoms with Crippen LogP contribution < -0.4 is 15.1 Å². The number of hydrogen-bond acceptors (Lipinski definition) is 7. The van der Waals surface area contributed by atoms with Gasteiger partial charge in [-0.25, -0.2) is 0 Å². The van der Waals surface area contributed by atoms with Crippen LogP contribution in [-0.4, -0.2) is 85.3 Å². The molecule has 4 aliphatic rings. The molecule has 4 heterocycles. The lowest BCUT2D eigenvalue weighted by atomic mass is 9.94. The van der Waals surface area contributed by atoms with Gasteiger partial charge in [0.15, 0.2) is 0 Å². The van der Waals surface area contributed by atoms with Crippen LogP contribution in [0.4, 0.5) is 11.4 Å². The average molecular weight is 595 g/mol. The molecule has 0 spiro atoms. The van der Waals surface area contributed by atoms with Crippen LogP contribution >= 0.6 is 15.9 Å². The van der Waals surface area contributed by atoms with E-state index in [0.717, 1.165) is 73.7 Å². The molecule has 4 amide bonds. The van der Waals surface area contributed by atoms with Gasteiger partial charge in [0.25, 0.3) is 11.8 Å². The average Bonchev–Trinajstić information content (AvgIpc) is 3.20. The zero-order valence-corrected chi connectivity index (χ0v) is 23.4. The molecular formula is C29H32BrN5O4. The number of halogens is 1. The number of fused-ring (bicyclic) bond motifs is 1. The molecule has 2 aromatic rings. The number of amides is 4. The minimum atomic E-state index is -0.946. The molecule has 2 aromatic carbocycles. The van der Waals surface area contributed by atoms with Gasteiger partial charge in [-0.2, -0.15) is 0 Å². The third-order valence-electron chi connectivity index (χ3n) is 8.48. The molecular weight excluding hydrogens is 562 g/mol. The second-order valence-corrected chi connectivity index (χ2v) is 11.8. The first kappa shape index (κ1) is 26.0. The van der Waals surface area contributed by atoms with Crippen LogP contribution in [0.5, 0.6) is 0 Å². The highest BCUT2D eigenvalue weighted by molar-refractivity contribution is 9.10. The summed E-state index contributed by atoms with van der Waals surface area (Å²) in [6, 6.07) is 12.9. The Balaban J connectivity index is 1.06. The van der Waals surface area contributed by atoms with Crippen LogP contribution in [0, 0.1) is 5.92 Å². The van der Waals surface area contributed by atoms with Crippen molar-refractivity contribution in [1.82, 2.24) is 15.1 Å². The number of nitrogens with one attached hydrogen (secondary N) is 1. The molecule has 0 bridgehead atoms. The van der Waals surface area contributed by atoms with Gasteiger partial charge in [0.2, 0.25) is 11.8 Å². The molecule has 204 valence electrons. The van der Waals surface area contributed by atoms with E-state index in [1.165, 1.54) is 5.69 Å². The molecule has 1 atom stereocenters. The van der Waals surface area contributed by atoms with E-state index in [1.807, 2.05) is 12.1 Å². The van der Waals surface area contributed by atoms with Crippen LogP contribution in [0.1, 0.15) is 46.4 Å². The number of piperidine rings is 2. The Hall–Kier alpha value is -3.24. The maximum atomic E-state index is 13.5. The van der Waals surface area contributed by atoms with E-state index in [1.54, 1.807) is 6.07 Å². The molecule has 10 heteroatoms. The van der Waals surface area contributed by atoms with E-state index in [-0.39, 0.29) is 18.7 Å². The summed E-state index contributed by atoms with van der Waals surface area (Å²) in [4.78, 5) is 58.9. The lowest BCUT2D eigenvalue weighted by Gasteiger charge is -2.40. The number of rotatable bonds is 5. The third kappa shape index (κ3) is 5.07. The van der Waals surface area contributed by atoms with E-state index in [2.05, 4.69) is 60.2 Å². The number of benzene rings is 2. The van der Waals surface area contributed by atoms with Crippen LogP contribution in [0.25, 0.3) is 0 Å². The number of carbonyl (C=O) groups excluding carboxylic acids is 4. The Labute approximate surface area is 236 Å². The highest BCUT2D eigenvalue weighted by Gasteiger charge is 2.46. The third-order valence-corrected chi connectivity index (χ3v) is 9.01. The first-order valence-electron chi connectivity index (χ1n) is 13.7. The van der Waals surface area contributed by atoms with Gasteiger partial charge >= 0.3 is 0 Å². The second-order valence-electron chi connectivity index (χ2n) is 10.8. The van der Waals surface area contributed by atoms with E-state index >= 15 is 0 Å². The Bertz CT molecular complexity index is 1300. The van der Waals surface area contributed by atoms with Gasteiger partial charge in [0.1, 0.15) is 6.04 Å². The normalized spacial score (nSPS) is 22.9. The molecule has 4 aliphatic heterocycles. The number of hydrogen-bond donors (Lipinski definition) is 1. The second kappa shape index (κ2) is 10.7. The van der Waals surface area contributed by atoms with Crippen LogP contribution in [-0.2, 0) is 9.59 Å². The summed E-state index contributed by atoms with van der Waals surface area (Å²) >= 11 is 3.51. The van der Waals surface area contributed by atoms with Crippen molar-refractivity contribution >= 4 is 50.9 Å². The Morgan fingerprint density at radius 1 is 0.795 bits per heavy atom. The van der Waals surface area contributed by atoms with Gasteiger partial charge in [0, 0.05) is 62.4 Å². The monoisotopic (exact) mass is 593 g/mol. The lowest BCUT2D eigenvalue weighted by molar-refractivity contribution is -0.136. The van der Waals surface area contributed by atoms with Gasteiger partial charge in [0.05, 0.1) is 16.8 Å². The predicted molar refractivity (Wildman–Crippen MR) is 151 cm³/mol. The maximum absolute atomic E-state index is 13.5. The van der Waals surface area contributed by atoms with Crippen molar-refractivity contribution in [1.29, 1.82) is 0 Å². The molecule has 0 saturated carbocycles. The van der Waals surface area contributed by atoms with Crippen molar-refractivity contribution in [2.24, 2.45) is 5.92 Å². The molecule has 3 saturated heterocycles. The molecule has 6 rings (SSSR count). The smallest absolute Gasteiger partial charge is 0.264 e. The molecule has 0 aliphatic carbocycles. The zero-order chi connectivity index (χ0) is 27.1. The van der Waals surface area contributed by atoms with Crippen molar-refractivity contribution in [3.05, 3.63) is 58.1 Å². The first-order valence-corrected chi connectivity index (χ1v) is 14.5. The minimum Gasteiger partial charge on any atom is -0.371 e. The number of imide groups is 2. The summed E-state index contributed by atoms with van der Waals surface area (Å²) in [5.41, 5.74) is 2.76. The summed E-state index contributed by atoms with van der Waals surface area (Å²) in [7, 11) is 0. The Morgan fingerprint density at radius 3 is 2.21 bits per heavy atom. The summed E-state index contributed by atoms with van der Waals surface area (Å²) < 4.78 is 1.10. The Morgan fingerprint density at radius 2 is 1.51 bits per heavy atom. The van der Waals surface area contributed by atoms with Crippen LogP contribution in [0.2, 0.25) is 0 Å². The fraction of sp³-hybridized carbons (Fsp3) is 0.448. The van der Waals surface area contributed by atoms with Crippen LogP contribution in [0.15, 0.2) is 46.9 Å². The van der Waals surface area contributed by atoms with E-state index in [0.29, 0.717) is 17.0 Å². The van der Waals surface area contributed by atoms with Crippen LogP contribution in [0.3, 0.4) is 0 Å². The molecule has 0 aromatic heterocycles. The highest BCUT2D eigenvalue weighted by atomic mass is 79.9. The largest absolute Gasteiger partial charge is 0.371 e. The van der Waals surface area contributed by atoms with E-state index < -0.39 is 23.8 Å². The minimum absolute atomic E-state index is 0.115.